The second-order valence-corrected chi connectivity index (χ2v) is 8.09. The first-order valence-corrected chi connectivity index (χ1v) is 8.79. The standard InChI is InChI=1S/C17H33N3/c1-17(2,3)20-12-7-14(8-13-20)18-15-9-11-19-10-5-4-6-16(15)19/h14-16,18H,4-13H2,1-3H3. The minimum absolute atomic E-state index is 0.346. The van der Waals surface area contributed by atoms with E-state index in [4.69, 9.17) is 0 Å². The van der Waals surface area contributed by atoms with Gasteiger partial charge in [0.15, 0.2) is 0 Å². The molecule has 3 heterocycles. The van der Waals surface area contributed by atoms with Crippen molar-refractivity contribution in [3.8, 4) is 0 Å². The topological polar surface area (TPSA) is 18.5 Å². The number of hydrogen-bond acceptors (Lipinski definition) is 3. The van der Waals surface area contributed by atoms with Gasteiger partial charge in [-0.15, -0.1) is 0 Å². The van der Waals surface area contributed by atoms with Gasteiger partial charge in [0.25, 0.3) is 0 Å². The lowest BCUT2D eigenvalue weighted by Gasteiger charge is -2.42. The van der Waals surface area contributed by atoms with E-state index in [0.717, 1.165) is 18.1 Å². The van der Waals surface area contributed by atoms with Crippen molar-refractivity contribution in [2.75, 3.05) is 26.2 Å². The van der Waals surface area contributed by atoms with E-state index in [1.807, 2.05) is 0 Å². The fourth-order valence-electron chi connectivity index (χ4n) is 4.46. The van der Waals surface area contributed by atoms with E-state index in [0.29, 0.717) is 5.54 Å². The molecule has 0 aromatic heterocycles. The quantitative estimate of drug-likeness (QED) is 0.838. The van der Waals surface area contributed by atoms with Crippen LogP contribution in [0.3, 0.4) is 0 Å². The molecule has 3 rings (SSSR count). The molecule has 3 saturated heterocycles. The fourth-order valence-corrected chi connectivity index (χ4v) is 4.46. The molecule has 3 fully saturated rings. The monoisotopic (exact) mass is 279 g/mol. The number of fused-ring (bicyclic) bond motifs is 1. The largest absolute Gasteiger partial charge is 0.310 e. The van der Waals surface area contributed by atoms with Crippen LogP contribution >= 0.6 is 0 Å². The van der Waals surface area contributed by atoms with Crippen molar-refractivity contribution in [2.24, 2.45) is 0 Å². The van der Waals surface area contributed by atoms with E-state index in [9.17, 15) is 0 Å². The molecule has 0 spiro atoms. The lowest BCUT2D eigenvalue weighted by Crippen LogP contribution is -2.53. The molecule has 3 aliphatic rings. The fraction of sp³-hybridized carbons (Fsp3) is 1.00. The highest BCUT2D eigenvalue weighted by atomic mass is 15.2. The van der Waals surface area contributed by atoms with Crippen LogP contribution < -0.4 is 5.32 Å². The maximum absolute atomic E-state index is 4.02. The summed E-state index contributed by atoms with van der Waals surface area (Å²) in [6, 6.07) is 2.39. The predicted octanol–water partition coefficient (Wildman–Crippen LogP) is 2.47. The van der Waals surface area contributed by atoms with Crippen LogP contribution in [0.5, 0.6) is 0 Å². The van der Waals surface area contributed by atoms with Gasteiger partial charge in [-0.25, -0.2) is 0 Å². The summed E-state index contributed by atoms with van der Waals surface area (Å²) in [6.45, 7) is 12.3. The summed E-state index contributed by atoms with van der Waals surface area (Å²) in [5.41, 5.74) is 0.346. The number of nitrogens with one attached hydrogen (secondary N) is 1. The second kappa shape index (κ2) is 5.94. The van der Waals surface area contributed by atoms with Crippen molar-refractivity contribution < 1.29 is 0 Å². The third-order valence-electron chi connectivity index (χ3n) is 5.75. The Hall–Kier alpha value is -0.120. The van der Waals surface area contributed by atoms with E-state index >= 15 is 0 Å². The molecule has 3 nitrogen and oxygen atoms in total. The van der Waals surface area contributed by atoms with Crippen molar-refractivity contribution in [2.45, 2.75) is 83.0 Å². The Labute approximate surface area is 125 Å². The molecule has 20 heavy (non-hydrogen) atoms. The number of likely N-dealkylation sites (tertiary alicyclic amines) is 1. The van der Waals surface area contributed by atoms with E-state index in [2.05, 4.69) is 35.9 Å². The Balaban J connectivity index is 1.48. The smallest absolute Gasteiger partial charge is 0.0249 e. The van der Waals surface area contributed by atoms with Gasteiger partial charge in [-0.2, -0.15) is 0 Å². The SMILES string of the molecule is CC(C)(C)N1CCC(NC2CCN3CCCCC23)CC1. The molecule has 0 saturated carbocycles. The molecule has 0 bridgehead atoms. The molecule has 116 valence electrons. The summed E-state index contributed by atoms with van der Waals surface area (Å²) < 4.78 is 0. The van der Waals surface area contributed by atoms with Crippen molar-refractivity contribution >= 4 is 0 Å². The van der Waals surface area contributed by atoms with E-state index in [-0.39, 0.29) is 0 Å². The zero-order valence-electron chi connectivity index (χ0n) is 13.7. The Bertz CT molecular complexity index is 315. The van der Waals surface area contributed by atoms with Crippen molar-refractivity contribution in [3.63, 3.8) is 0 Å². The number of rotatable bonds is 2. The first-order chi connectivity index (χ1) is 9.54. The van der Waals surface area contributed by atoms with Crippen LogP contribution in [0.1, 0.15) is 59.3 Å². The van der Waals surface area contributed by atoms with E-state index < -0.39 is 0 Å². The molecule has 0 aliphatic carbocycles. The number of hydrogen-bond donors (Lipinski definition) is 1. The number of piperidine rings is 2. The van der Waals surface area contributed by atoms with Crippen LogP contribution in [0.2, 0.25) is 0 Å². The summed E-state index contributed by atoms with van der Waals surface area (Å²) in [5, 5.41) is 4.02. The zero-order valence-corrected chi connectivity index (χ0v) is 13.7. The van der Waals surface area contributed by atoms with E-state index in [1.54, 1.807) is 0 Å². The van der Waals surface area contributed by atoms with E-state index in [1.165, 1.54) is 64.7 Å². The van der Waals surface area contributed by atoms with Gasteiger partial charge in [-0.1, -0.05) is 6.42 Å². The van der Waals surface area contributed by atoms with Gasteiger partial charge in [-0.3, -0.25) is 9.80 Å². The Morgan fingerprint density at radius 1 is 0.850 bits per heavy atom. The maximum atomic E-state index is 4.02. The van der Waals surface area contributed by atoms with Gasteiger partial charge < -0.3 is 5.32 Å². The Morgan fingerprint density at radius 2 is 1.60 bits per heavy atom. The normalized spacial score (nSPS) is 34.4. The third kappa shape index (κ3) is 3.20. The minimum atomic E-state index is 0.346. The highest BCUT2D eigenvalue weighted by Crippen LogP contribution is 2.28. The summed E-state index contributed by atoms with van der Waals surface area (Å²) in [7, 11) is 0. The highest BCUT2D eigenvalue weighted by molar-refractivity contribution is 4.96. The molecule has 3 aliphatic heterocycles. The van der Waals surface area contributed by atoms with Crippen LogP contribution in [0.4, 0.5) is 0 Å². The highest BCUT2D eigenvalue weighted by Gasteiger charge is 2.37. The molecule has 0 aromatic carbocycles. The molecule has 2 unspecified atom stereocenters. The van der Waals surface area contributed by atoms with Crippen LogP contribution in [0, 0.1) is 0 Å². The summed E-state index contributed by atoms with van der Waals surface area (Å²) >= 11 is 0. The average Bonchev–Trinajstić information content (AvgIpc) is 2.82. The minimum Gasteiger partial charge on any atom is -0.310 e. The summed E-state index contributed by atoms with van der Waals surface area (Å²) in [5.74, 6) is 0. The summed E-state index contributed by atoms with van der Waals surface area (Å²) in [6.07, 6.45) is 8.35. The molecule has 0 amide bonds. The summed E-state index contributed by atoms with van der Waals surface area (Å²) in [4.78, 5) is 5.39. The molecule has 0 radical (unpaired) electrons. The third-order valence-corrected chi connectivity index (χ3v) is 5.75. The van der Waals surface area contributed by atoms with Gasteiger partial charge >= 0.3 is 0 Å². The van der Waals surface area contributed by atoms with Crippen LogP contribution in [-0.2, 0) is 0 Å². The van der Waals surface area contributed by atoms with Crippen molar-refractivity contribution in [1.29, 1.82) is 0 Å². The van der Waals surface area contributed by atoms with Crippen molar-refractivity contribution in [3.05, 3.63) is 0 Å². The van der Waals surface area contributed by atoms with Gasteiger partial charge in [0.1, 0.15) is 0 Å². The average molecular weight is 279 g/mol. The predicted molar refractivity (Wildman–Crippen MR) is 85.1 cm³/mol. The van der Waals surface area contributed by atoms with Gasteiger partial charge in [0.2, 0.25) is 0 Å². The van der Waals surface area contributed by atoms with Crippen LogP contribution in [0.25, 0.3) is 0 Å². The Morgan fingerprint density at radius 3 is 2.30 bits per heavy atom. The molecule has 3 heteroatoms. The van der Waals surface area contributed by atoms with Crippen molar-refractivity contribution in [1.82, 2.24) is 15.1 Å². The van der Waals surface area contributed by atoms with Gasteiger partial charge in [0, 0.05) is 43.3 Å². The molecular formula is C17H33N3. The first kappa shape index (κ1) is 14.8. The first-order valence-electron chi connectivity index (χ1n) is 8.79. The number of nitrogens with zero attached hydrogens (tertiary/aromatic N) is 2. The molecule has 1 N–H and O–H groups in total. The lowest BCUT2D eigenvalue weighted by atomic mass is 9.95. The Kier molecular flexibility index (Phi) is 4.40. The molecule has 2 atom stereocenters. The second-order valence-electron chi connectivity index (χ2n) is 8.09. The maximum Gasteiger partial charge on any atom is 0.0249 e. The van der Waals surface area contributed by atoms with Crippen LogP contribution in [-0.4, -0.2) is 59.6 Å². The van der Waals surface area contributed by atoms with Gasteiger partial charge in [-0.05, 0) is 59.4 Å². The zero-order chi connectivity index (χ0) is 14.2. The molecule has 0 aromatic rings. The lowest BCUT2D eigenvalue weighted by molar-refractivity contribution is 0.0902. The van der Waals surface area contributed by atoms with Crippen LogP contribution in [0.15, 0.2) is 0 Å². The van der Waals surface area contributed by atoms with Gasteiger partial charge in [0.05, 0.1) is 0 Å². The molecular weight excluding hydrogens is 246 g/mol.